The topological polar surface area (TPSA) is 46.5 Å². The summed E-state index contributed by atoms with van der Waals surface area (Å²) in [6.07, 6.45) is -14.1. The van der Waals surface area contributed by atoms with E-state index in [1.807, 2.05) is 0 Å². The highest BCUT2D eigenvalue weighted by atomic mass is 19.4. The van der Waals surface area contributed by atoms with E-state index >= 15 is 0 Å². The molecule has 0 aromatic carbocycles. The van der Waals surface area contributed by atoms with Crippen molar-refractivity contribution < 1.29 is 62.9 Å². The summed E-state index contributed by atoms with van der Waals surface area (Å²) in [7, 11) is 0. The van der Waals surface area contributed by atoms with Crippen molar-refractivity contribution in [2.75, 3.05) is 0 Å². The second kappa shape index (κ2) is 5.24. The van der Waals surface area contributed by atoms with Gasteiger partial charge in [0, 0.05) is 0 Å². The lowest BCUT2D eigenvalue weighted by Gasteiger charge is -2.36. The third-order valence-corrected chi connectivity index (χ3v) is 2.01. The van der Waals surface area contributed by atoms with Crippen molar-refractivity contribution in [1.82, 2.24) is 0 Å². The Kier molecular flexibility index (Phi) is 4.86. The van der Waals surface area contributed by atoms with Crippen molar-refractivity contribution in [3.8, 4) is 0 Å². The lowest BCUT2D eigenvalue weighted by atomic mass is 10.1. The molecule has 0 amide bonds. The van der Waals surface area contributed by atoms with Crippen LogP contribution in [0.2, 0.25) is 0 Å². The number of hydrogen-bond donors (Lipinski definition) is 1. The van der Waals surface area contributed by atoms with E-state index < -0.39 is 41.8 Å². The van der Waals surface area contributed by atoms with Gasteiger partial charge < -0.3 is 5.11 Å². The zero-order chi connectivity index (χ0) is 18.4. The first-order chi connectivity index (χ1) is 9.34. The van der Waals surface area contributed by atoms with Crippen LogP contribution in [0.15, 0.2) is 12.4 Å². The molecule has 0 aliphatic heterocycles. The molecule has 3 nitrogen and oxygen atoms in total. The molecule has 0 bridgehead atoms. The molecule has 0 radical (unpaired) electrons. The van der Waals surface area contributed by atoms with Crippen LogP contribution in [0, 0.1) is 0 Å². The van der Waals surface area contributed by atoms with Gasteiger partial charge in [-0.25, -0.2) is 9.18 Å². The number of rotatable bonds is 6. The van der Waals surface area contributed by atoms with Gasteiger partial charge in [0.15, 0.2) is 5.83 Å². The number of hydrogen-bond acceptors (Lipinski definition) is 2. The second-order valence-corrected chi connectivity index (χ2v) is 3.57. The fourth-order valence-electron chi connectivity index (χ4n) is 0.840. The standard InChI is InChI=1S/C8H3F11O3/c1-2(9)4(10,11)6(14,7(15,16)17)22-8(18,19)5(12,13)3(20)21/h1H2,(H,20,21). The predicted octanol–water partition coefficient (Wildman–Crippen LogP) is 3.66. The molecule has 0 spiro atoms. The Morgan fingerprint density at radius 1 is 0.864 bits per heavy atom. The van der Waals surface area contributed by atoms with Gasteiger partial charge in [0.25, 0.3) is 0 Å². The van der Waals surface area contributed by atoms with Crippen LogP contribution in [0.1, 0.15) is 0 Å². The Labute approximate surface area is 112 Å². The predicted molar refractivity (Wildman–Crippen MR) is 43.7 cm³/mol. The Morgan fingerprint density at radius 3 is 1.45 bits per heavy atom. The van der Waals surface area contributed by atoms with E-state index in [0.717, 1.165) is 0 Å². The van der Waals surface area contributed by atoms with Crippen LogP contribution in [-0.2, 0) is 9.53 Å². The highest BCUT2D eigenvalue weighted by molar-refractivity contribution is 5.76. The molecule has 14 heteroatoms. The number of aliphatic carboxylic acids is 1. The van der Waals surface area contributed by atoms with E-state index in [9.17, 15) is 53.1 Å². The van der Waals surface area contributed by atoms with Gasteiger partial charge in [0.1, 0.15) is 0 Å². The fourth-order valence-corrected chi connectivity index (χ4v) is 0.840. The van der Waals surface area contributed by atoms with Crippen molar-refractivity contribution in [3.05, 3.63) is 12.4 Å². The molecule has 0 aliphatic rings. The summed E-state index contributed by atoms with van der Waals surface area (Å²) in [6, 6.07) is 0. The molecule has 1 unspecified atom stereocenters. The summed E-state index contributed by atoms with van der Waals surface area (Å²) in [4.78, 5) is 9.79. The van der Waals surface area contributed by atoms with E-state index in [1.165, 1.54) is 0 Å². The molecule has 0 aromatic heterocycles. The lowest BCUT2D eigenvalue weighted by molar-refractivity contribution is -0.478. The van der Waals surface area contributed by atoms with Crippen LogP contribution in [0.3, 0.4) is 0 Å². The second-order valence-electron chi connectivity index (χ2n) is 3.57. The minimum absolute atomic E-state index is 1.55. The van der Waals surface area contributed by atoms with Gasteiger partial charge in [-0.15, -0.1) is 0 Å². The molecule has 0 saturated carbocycles. The third-order valence-electron chi connectivity index (χ3n) is 2.01. The monoisotopic (exact) mass is 356 g/mol. The average Bonchev–Trinajstić information content (AvgIpc) is 2.25. The van der Waals surface area contributed by atoms with Gasteiger partial charge in [-0.1, -0.05) is 6.58 Å². The Hall–Kier alpha value is -1.60. The summed E-state index contributed by atoms with van der Waals surface area (Å²) < 4.78 is 140. The normalized spacial score (nSPS) is 17.0. The molecule has 0 aromatic rings. The minimum Gasteiger partial charge on any atom is -0.477 e. The van der Waals surface area contributed by atoms with Gasteiger partial charge in [0.2, 0.25) is 0 Å². The minimum atomic E-state index is -7.16. The van der Waals surface area contributed by atoms with Crippen LogP contribution >= 0.6 is 0 Å². The van der Waals surface area contributed by atoms with Crippen LogP contribution < -0.4 is 0 Å². The van der Waals surface area contributed by atoms with Gasteiger partial charge in [0.05, 0.1) is 0 Å². The molecule has 22 heavy (non-hydrogen) atoms. The first-order valence-corrected chi connectivity index (χ1v) is 4.52. The van der Waals surface area contributed by atoms with Crippen molar-refractivity contribution in [2.24, 2.45) is 0 Å². The summed E-state index contributed by atoms with van der Waals surface area (Å²) >= 11 is 0. The number of carbonyl (C=O) groups is 1. The van der Waals surface area contributed by atoms with E-state index in [1.54, 1.807) is 11.3 Å². The largest absolute Gasteiger partial charge is 0.477 e. The molecule has 0 rings (SSSR count). The number of carboxylic acid groups (broad SMARTS) is 1. The number of ether oxygens (including phenoxy) is 1. The van der Waals surface area contributed by atoms with Crippen molar-refractivity contribution in [1.29, 1.82) is 0 Å². The van der Waals surface area contributed by atoms with Gasteiger partial charge in [-0.2, -0.15) is 43.9 Å². The van der Waals surface area contributed by atoms with Crippen LogP contribution in [-0.4, -0.2) is 41.1 Å². The zero-order valence-electron chi connectivity index (χ0n) is 9.63. The first-order valence-electron chi connectivity index (χ1n) is 4.52. The SMILES string of the molecule is C=C(F)C(F)(F)C(F)(OC(F)(F)C(F)(F)C(=O)O)C(F)(F)F. The quantitative estimate of drug-likeness (QED) is 0.739. The molecule has 1 atom stereocenters. The van der Waals surface area contributed by atoms with Crippen LogP contribution in [0.25, 0.3) is 0 Å². The molecular formula is C8H3F11O3. The van der Waals surface area contributed by atoms with Crippen molar-refractivity contribution in [2.45, 2.75) is 30.0 Å². The number of alkyl halides is 10. The van der Waals surface area contributed by atoms with Crippen LogP contribution in [0.4, 0.5) is 48.3 Å². The van der Waals surface area contributed by atoms with Crippen molar-refractivity contribution >= 4 is 5.97 Å². The maximum atomic E-state index is 13.2. The van der Waals surface area contributed by atoms with Gasteiger partial charge >= 0.3 is 36.0 Å². The van der Waals surface area contributed by atoms with Crippen molar-refractivity contribution in [3.63, 3.8) is 0 Å². The summed E-state index contributed by atoms with van der Waals surface area (Å²) in [5, 5.41) is 7.70. The lowest BCUT2D eigenvalue weighted by Crippen LogP contribution is -2.63. The smallest absolute Gasteiger partial charge is 0.455 e. The van der Waals surface area contributed by atoms with E-state index in [-0.39, 0.29) is 0 Å². The average molecular weight is 356 g/mol. The number of halogens is 11. The molecule has 0 saturated heterocycles. The Morgan fingerprint density at radius 2 is 1.23 bits per heavy atom. The number of carboxylic acids is 1. The van der Waals surface area contributed by atoms with E-state index in [4.69, 9.17) is 5.11 Å². The maximum absolute atomic E-state index is 13.2. The van der Waals surface area contributed by atoms with E-state index in [0.29, 0.717) is 0 Å². The fraction of sp³-hybridized carbons (Fsp3) is 0.625. The molecule has 1 N–H and O–H groups in total. The summed E-state index contributed by atoms with van der Waals surface area (Å²) in [5.41, 5.74) is 0. The van der Waals surface area contributed by atoms with Gasteiger partial charge in [-0.05, 0) is 0 Å². The highest BCUT2D eigenvalue weighted by Crippen LogP contribution is 2.53. The Balaban J connectivity index is 6.12. The maximum Gasteiger partial charge on any atom is 0.455 e. The molecule has 0 aliphatic carbocycles. The third kappa shape index (κ3) is 2.96. The van der Waals surface area contributed by atoms with Gasteiger partial charge in [-0.3, -0.25) is 4.74 Å². The molecule has 130 valence electrons. The highest BCUT2D eigenvalue weighted by Gasteiger charge is 2.80. The molecule has 0 fully saturated rings. The molecule has 0 heterocycles. The molecular weight excluding hydrogens is 353 g/mol. The van der Waals surface area contributed by atoms with Crippen LogP contribution in [0.5, 0.6) is 0 Å². The Bertz CT molecular complexity index is 468. The summed E-state index contributed by atoms with van der Waals surface area (Å²) in [5.74, 6) is -27.4. The summed E-state index contributed by atoms with van der Waals surface area (Å²) in [6.45, 7) is 1.55. The first kappa shape index (κ1) is 20.4. The van der Waals surface area contributed by atoms with E-state index in [2.05, 4.69) is 0 Å². The zero-order valence-corrected chi connectivity index (χ0v) is 9.63.